The summed E-state index contributed by atoms with van der Waals surface area (Å²) in [5, 5.41) is 0. The Morgan fingerprint density at radius 1 is 1.00 bits per heavy atom. The summed E-state index contributed by atoms with van der Waals surface area (Å²) in [5.41, 5.74) is 6.86. The van der Waals surface area contributed by atoms with Gasteiger partial charge >= 0.3 is 0 Å². The van der Waals surface area contributed by atoms with Crippen molar-refractivity contribution in [3.8, 4) is 11.4 Å². The summed E-state index contributed by atoms with van der Waals surface area (Å²) >= 11 is 0. The molecule has 0 N–H and O–H groups in total. The predicted molar refractivity (Wildman–Crippen MR) is 133 cm³/mol. The minimum atomic E-state index is 0.0519. The van der Waals surface area contributed by atoms with Gasteiger partial charge in [-0.2, -0.15) is 0 Å². The van der Waals surface area contributed by atoms with Crippen LogP contribution in [0.15, 0.2) is 60.7 Å². The van der Waals surface area contributed by atoms with Gasteiger partial charge in [-0.25, -0.2) is 4.98 Å². The average Bonchev–Trinajstić information content (AvgIpc) is 3.16. The standard InChI is InChI=1S/C28H31N3O2/c1-6-14-30(28(32)27-20(3)15-19(2)16-21(27)4)18-26-29-24-12-7-8-13-25(24)31(26)22-10-9-11-23(17-22)33-5/h7-13,15-17H,6,14,18H2,1-5H3. The van der Waals surface area contributed by atoms with Gasteiger partial charge in [0, 0.05) is 18.2 Å². The van der Waals surface area contributed by atoms with Crippen molar-refractivity contribution in [3.05, 3.63) is 88.7 Å². The second-order valence-corrected chi connectivity index (χ2v) is 8.55. The third-order valence-corrected chi connectivity index (χ3v) is 5.95. The van der Waals surface area contributed by atoms with E-state index in [1.54, 1.807) is 7.11 Å². The van der Waals surface area contributed by atoms with Crippen LogP contribution in [0.2, 0.25) is 0 Å². The van der Waals surface area contributed by atoms with Gasteiger partial charge in [0.05, 0.1) is 30.4 Å². The molecule has 170 valence electrons. The van der Waals surface area contributed by atoms with E-state index in [2.05, 4.69) is 36.6 Å². The predicted octanol–water partition coefficient (Wildman–Crippen LogP) is 6.01. The highest BCUT2D eigenvalue weighted by Gasteiger charge is 2.23. The van der Waals surface area contributed by atoms with E-state index >= 15 is 0 Å². The van der Waals surface area contributed by atoms with E-state index in [0.29, 0.717) is 13.1 Å². The molecule has 0 saturated carbocycles. The number of para-hydroxylation sites is 2. The van der Waals surface area contributed by atoms with Gasteiger partial charge in [-0.15, -0.1) is 0 Å². The first-order valence-electron chi connectivity index (χ1n) is 11.4. The second-order valence-electron chi connectivity index (χ2n) is 8.55. The van der Waals surface area contributed by atoms with Crippen LogP contribution >= 0.6 is 0 Å². The fourth-order valence-corrected chi connectivity index (χ4v) is 4.59. The topological polar surface area (TPSA) is 47.4 Å². The lowest BCUT2D eigenvalue weighted by atomic mass is 9.98. The molecule has 0 aliphatic heterocycles. The Balaban J connectivity index is 1.80. The summed E-state index contributed by atoms with van der Waals surface area (Å²) in [4.78, 5) is 20.6. The molecule has 5 heteroatoms. The van der Waals surface area contributed by atoms with Crippen LogP contribution < -0.4 is 4.74 Å². The summed E-state index contributed by atoms with van der Waals surface area (Å²) in [7, 11) is 1.67. The highest BCUT2D eigenvalue weighted by molar-refractivity contribution is 5.97. The van der Waals surface area contributed by atoms with Crippen LogP contribution in [0.25, 0.3) is 16.7 Å². The molecule has 0 aliphatic rings. The molecular formula is C28H31N3O2. The van der Waals surface area contributed by atoms with E-state index in [9.17, 15) is 4.79 Å². The number of ether oxygens (including phenoxy) is 1. The minimum absolute atomic E-state index is 0.0519. The number of carbonyl (C=O) groups excluding carboxylic acids is 1. The molecule has 0 aliphatic carbocycles. The van der Waals surface area contributed by atoms with Crippen molar-refractivity contribution in [2.75, 3.05) is 13.7 Å². The Morgan fingerprint density at radius 3 is 2.42 bits per heavy atom. The first kappa shape index (κ1) is 22.6. The van der Waals surface area contributed by atoms with Gasteiger partial charge in [-0.3, -0.25) is 9.36 Å². The molecule has 0 fully saturated rings. The molecule has 3 aromatic carbocycles. The number of nitrogens with zero attached hydrogens (tertiary/aromatic N) is 3. The molecular weight excluding hydrogens is 410 g/mol. The van der Waals surface area contributed by atoms with Crippen molar-refractivity contribution >= 4 is 16.9 Å². The van der Waals surface area contributed by atoms with Crippen molar-refractivity contribution in [3.63, 3.8) is 0 Å². The van der Waals surface area contributed by atoms with Gasteiger partial charge in [0.1, 0.15) is 11.6 Å². The fourth-order valence-electron chi connectivity index (χ4n) is 4.59. The summed E-state index contributed by atoms with van der Waals surface area (Å²) in [6.45, 7) is 9.28. The van der Waals surface area contributed by atoms with E-state index in [0.717, 1.165) is 51.4 Å². The number of imidazole rings is 1. The zero-order valence-corrected chi connectivity index (χ0v) is 20.1. The largest absolute Gasteiger partial charge is 0.497 e. The Labute approximate surface area is 195 Å². The van der Waals surface area contributed by atoms with Crippen LogP contribution in [0.1, 0.15) is 46.2 Å². The van der Waals surface area contributed by atoms with Crippen LogP contribution in [0.5, 0.6) is 5.75 Å². The first-order valence-corrected chi connectivity index (χ1v) is 11.4. The average molecular weight is 442 g/mol. The number of fused-ring (bicyclic) bond motifs is 1. The maximum Gasteiger partial charge on any atom is 0.254 e. The smallest absolute Gasteiger partial charge is 0.254 e. The molecule has 0 radical (unpaired) electrons. The molecule has 1 heterocycles. The second kappa shape index (κ2) is 9.49. The van der Waals surface area contributed by atoms with E-state index in [4.69, 9.17) is 9.72 Å². The molecule has 1 aromatic heterocycles. The monoisotopic (exact) mass is 441 g/mol. The number of rotatable bonds is 7. The highest BCUT2D eigenvalue weighted by Crippen LogP contribution is 2.26. The van der Waals surface area contributed by atoms with Crippen LogP contribution in [-0.2, 0) is 6.54 Å². The van der Waals surface area contributed by atoms with Gasteiger partial charge in [-0.1, -0.05) is 42.8 Å². The van der Waals surface area contributed by atoms with Crippen LogP contribution in [-0.4, -0.2) is 34.0 Å². The molecule has 0 spiro atoms. The van der Waals surface area contributed by atoms with Crippen LogP contribution in [0.3, 0.4) is 0 Å². The molecule has 0 bridgehead atoms. The number of carbonyl (C=O) groups is 1. The Hall–Kier alpha value is -3.60. The zero-order valence-electron chi connectivity index (χ0n) is 20.1. The number of benzene rings is 3. The summed E-state index contributed by atoms with van der Waals surface area (Å²) in [6.07, 6.45) is 0.870. The minimum Gasteiger partial charge on any atom is -0.497 e. The normalized spacial score (nSPS) is 11.1. The van der Waals surface area contributed by atoms with Crippen molar-refractivity contribution in [2.24, 2.45) is 0 Å². The van der Waals surface area contributed by atoms with Crippen LogP contribution in [0, 0.1) is 20.8 Å². The van der Waals surface area contributed by atoms with Gasteiger partial charge in [0.15, 0.2) is 0 Å². The van der Waals surface area contributed by atoms with Crippen molar-refractivity contribution in [1.82, 2.24) is 14.5 Å². The molecule has 0 atom stereocenters. The lowest BCUT2D eigenvalue weighted by molar-refractivity contribution is 0.0737. The lowest BCUT2D eigenvalue weighted by Crippen LogP contribution is -2.33. The van der Waals surface area contributed by atoms with E-state index < -0.39 is 0 Å². The highest BCUT2D eigenvalue weighted by atomic mass is 16.5. The Morgan fingerprint density at radius 2 is 1.73 bits per heavy atom. The van der Waals surface area contributed by atoms with E-state index in [1.807, 2.05) is 61.2 Å². The molecule has 0 unspecified atom stereocenters. The van der Waals surface area contributed by atoms with Gasteiger partial charge in [0.25, 0.3) is 5.91 Å². The lowest BCUT2D eigenvalue weighted by Gasteiger charge is -2.24. The number of amides is 1. The summed E-state index contributed by atoms with van der Waals surface area (Å²) in [6, 6.07) is 20.2. The maximum atomic E-state index is 13.7. The molecule has 0 saturated heterocycles. The summed E-state index contributed by atoms with van der Waals surface area (Å²) in [5.74, 6) is 1.66. The van der Waals surface area contributed by atoms with Crippen molar-refractivity contribution < 1.29 is 9.53 Å². The third kappa shape index (κ3) is 4.49. The van der Waals surface area contributed by atoms with Crippen molar-refractivity contribution in [2.45, 2.75) is 40.7 Å². The molecule has 33 heavy (non-hydrogen) atoms. The van der Waals surface area contributed by atoms with Gasteiger partial charge in [0.2, 0.25) is 0 Å². The third-order valence-electron chi connectivity index (χ3n) is 5.95. The molecule has 4 aromatic rings. The summed E-state index contributed by atoms with van der Waals surface area (Å²) < 4.78 is 7.59. The number of hydrogen-bond donors (Lipinski definition) is 0. The van der Waals surface area contributed by atoms with Gasteiger partial charge < -0.3 is 9.64 Å². The molecule has 5 nitrogen and oxygen atoms in total. The van der Waals surface area contributed by atoms with E-state index in [1.165, 1.54) is 5.56 Å². The fraction of sp³-hybridized carbons (Fsp3) is 0.286. The number of hydrogen-bond acceptors (Lipinski definition) is 3. The zero-order chi connectivity index (χ0) is 23.5. The molecule has 1 amide bonds. The quantitative estimate of drug-likeness (QED) is 0.353. The molecule has 4 rings (SSSR count). The Kier molecular flexibility index (Phi) is 6.50. The van der Waals surface area contributed by atoms with Gasteiger partial charge in [-0.05, 0) is 62.6 Å². The van der Waals surface area contributed by atoms with Crippen LogP contribution in [0.4, 0.5) is 0 Å². The number of aromatic nitrogens is 2. The SMILES string of the molecule is CCCN(Cc1nc2ccccc2n1-c1cccc(OC)c1)C(=O)c1c(C)cc(C)cc1C. The first-order chi connectivity index (χ1) is 15.9. The Bertz CT molecular complexity index is 1280. The number of aryl methyl sites for hydroxylation is 3. The maximum absolute atomic E-state index is 13.7. The number of methoxy groups -OCH3 is 1. The van der Waals surface area contributed by atoms with Crippen molar-refractivity contribution in [1.29, 1.82) is 0 Å². The van der Waals surface area contributed by atoms with E-state index in [-0.39, 0.29) is 5.91 Å².